The van der Waals surface area contributed by atoms with Crippen LogP contribution in [0.5, 0.6) is 0 Å². The molecule has 0 saturated carbocycles. The quantitative estimate of drug-likeness (QED) is 0.842. The highest BCUT2D eigenvalue weighted by molar-refractivity contribution is 4.97. The lowest BCUT2D eigenvalue weighted by atomic mass is 9.87. The van der Waals surface area contributed by atoms with E-state index in [1.807, 2.05) is 0 Å². The number of nitrogens with zero attached hydrogens (tertiary/aromatic N) is 2. The van der Waals surface area contributed by atoms with Crippen molar-refractivity contribution in [2.45, 2.75) is 69.1 Å². The molecule has 1 atom stereocenters. The zero-order valence-corrected chi connectivity index (χ0v) is 14.1. The van der Waals surface area contributed by atoms with Crippen LogP contribution < -0.4 is 5.32 Å². The first-order valence-electron chi connectivity index (χ1n) is 9.67. The molecule has 0 amide bonds. The second kappa shape index (κ2) is 6.76. The number of ether oxygens (including phenoxy) is 1. The Morgan fingerprint density at radius 2 is 1.50 bits per heavy atom. The van der Waals surface area contributed by atoms with Gasteiger partial charge in [0, 0.05) is 25.2 Å². The fourth-order valence-corrected chi connectivity index (χ4v) is 5.19. The summed E-state index contributed by atoms with van der Waals surface area (Å²) in [5, 5.41) is 3.47. The molecule has 4 rings (SSSR count). The lowest BCUT2D eigenvalue weighted by molar-refractivity contribution is -0.0206. The van der Waals surface area contributed by atoms with Gasteiger partial charge in [-0.15, -0.1) is 0 Å². The summed E-state index contributed by atoms with van der Waals surface area (Å²) < 4.78 is 6.30. The third kappa shape index (κ3) is 3.21. The molecule has 126 valence electrons. The number of rotatable bonds is 2. The maximum Gasteiger partial charge on any atom is 0.0723 e. The zero-order chi connectivity index (χ0) is 14.8. The van der Waals surface area contributed by atoms with Gasteiger partial charge in [-0.2, -0.15) is 0 Å². The summed E-state index contributed by atoms with van der Waals surface area (Å²) in [4.78, 5) is 5.53. The normalized spacial score (nSPS) is 35.2. The Morgan fingerprint density at radius 1 is 0.818 bits per heavy atom. The fraction of sp³-hybridized carbons (Fsp3) is 1.00. The van der Waals surface area contributed by atoms with Crippen molar-refractivity contribution in [3.05, 3.63) is 0 Å². The number of hydrogen-bond acceptors (Lipinski definition) is 4. The van der Waals surface area contributed by atoms with Gasteiger partial charge in [-0.25, -0.2) is 0 Å². The van der Waals surface area contributed by atoms with Crippen LogP contribution in [0.3, 0.4) is 0 Å². The SMILES string of the molecule is C1CCN(C2CCN([C@@H]3COC4(CCNCC4)C3)CC2)CC1. The van der Waals surface area contributed by atoms with Crippen molar-refractivity contribution in [3.63, 3.8) is 0 Å². The standard InChI is InChI=1S/C18H33N3O/c1-2-10-20(11-3-1)16-4-12-21(13-5-16)17-14-18(22-15-17)6-8-19-9-7-18/h16-17,19H,1-15H2/t17-/m0/s1. The molecule has 4 heterocycles. The van der Waals surface area contributed by atoms with Crippen molar-refractivity contribution < 1.29 is 4.74 Å². The van der Waals surface area contributed by atoms with Gasteiger partial charge in [0.2, 0.25) is 0 Å². The molecule has 0 aromatic rings. The van der Waals surface area contributed by atoms with Crippen molar-refractivity contribution in [1.82, 2.24) is 15.1 Å². The highest BCUT2D eigenvalue weighted by atomic mass is 16.5. The van der Waals surface area contributed by atoms with E-state index in [0.717, 1.165) is 25.7 Å². The Balaban J connectivity index is 1.27. The van der Waals surface area contributed by atoms with E-state index in [1.54, 1.807) is 0 Å². The average Bonchev–Trinajstić information content (AvgIpc) is 3.00. The lowest BCUT2D eigenvalue weighted by Gasteiger charge is -2.42. The van der Waals surface area contributed by atoms with Gasteiger partial charge in [0.05, 0.1) is 12.2 Å². The summed E-state index contributed by atoms with van der Waals surface area (Å²) in [5.41, 5.74) is 0.222. The summed E-state index contributed by atoms with van der Waals surface area (Å²) in [7, 11) is 0. The minimum absolute atomic E-state index is 0.222. The predicted octanol–water partition coefficient (Wildman–Crippen LogP) is 1.85. The van der Waals surface area contributed by atoms with E-state index in [9.17, 15) is 0 Å². The highest BCUT2D eigenvalue weighted by Gasteiger charge is 2.43. The van der Waals surface area contributed by atoms with E-state index in [4.69, 9.17) is 4.74 Å². The summed E-state index contributed by atoms with van der Waals surface area (Å²) >= 11 is 0. The molecule has 0 radical (unpaired) electrons. The van der Waals surface area contributed by atoms with Crippen LogP contribution in [0.15, 0.2) is 0 Å². The highest BCUT2D eigenvalue weighted by Crippen LogP contribution is 2.37. The number of piperidine rings is 3. The van der Waals surface area contributed by atoms with E-state index >= 15 is 0 Å². The predicted molar refractivity (Wildman–Crippen MR) is 89.2 cm³/mol. The van der Waals surface area contributed by atoms with Gasteiger partial charge in [0.25, 0.3) is 0 Å². The molecular weight excluding hydrogens is 274 g/mol. The van der Waals surface area contributed by atoms with Gasteiger partial charge in [0.1, 0.15) is 0 Å². The summed E-state index contributed by atoms with van der Waals surface area (Å²) in [6, 6.07) is 1.56. The monoisotopic (exact) mass is 307 g/mol. The Morgan fingerprint density at radius 3 is 2.23 bits per heavy atom. The molecule has 1 spiro atoms. The van der Waals surface area contributed by atoms with Crippen LogP contribution in [-0.2, 0) is 4.74 Å². The second-order valence-corrected chi connectivity index (χ2v) is 7.97. The first-order chi connectivity index (χ1) is 10.8. The van der Waals surface area contributed by atoms with Crippen molar-refractivity contribution in [1.29, 1.82) is 0 Å². The van der Waals surface area contributed by atoms with Crippen LogP contribution in [0.25, 0.3) is 0 Å². The third-order valence-corrected chi connectivity index (χ3v) is 6.63. The van der Waals surface area contributed by atoms with Crippen molar-refractivity contribution >= 4 is 0 Å². The molecule has 0 unspecified atom stereocenters. The van der Waals surface area contributed by atoms with E-state index in [1.165, 1.54) is 77.5 Å². The first-order valence-corrected chi connectivity index (χ1v) is 9.67. The zero-order valence-electron chi connectivity index (χ0n) is 14.1. The topological polar surface area (TPSA) is 27.7 Å². The average molecular weight is 307 g/mol. The Bertz CT molecular complexity index is 355. The summed E-state index contributed by atoms with van der Waals surface area (Å²) in [6.45, 7) is 8.57. The molecule has 4 saturated heterocycles. The van der Waals surface area contributed by atoms with Crippen LogP contribution in [0.4, 0.5) is 0 Å². The molecule has 4 nitrogen and oxygen atoms in total. The molecule has 4 aliphatic rings. The Kier molecular flexibility index (Phi) is 4.72. The molecule has 0 bridgehead atoms. The Labute approximate surface area is 135 Å². The van der Waals surface area contributed by atoms with Crippen LogP contribution in [0, 0.1) is 0 Å². The molecule has 1 N–H and O–H groups in total. The van der Waals surface area contributed by atoms with E-state index in [0.29, 0.717) is 6.04 Å². The molecular formula is C18H33N3O. The summed E-state index contributed by atoms with van der Waals surface area (Å²) in [6.07, 6.45) is 10.8. The van der Waals surface area contributed by atoms with Gasteiger partial charge in [-0.05, 0) is 71.1 Å². The smallest absolute Gasteiger partial charge is 0.0723 e. The molecule has 4 heteroatoms. The van der Waals surface area contributed by atoms with Gasteiger partial charge in [0.15, 0.2) is 0 Å². The van der Waals surface area contributed by atoms with Crippen molar-refractivity contribution in [3.8, 4) is 0 Å². The van der Waals surface area contributed by atoms with E-state index in [2.05, 4.69) is 15.1 Å². The van der Waals surface area contributed by atoms with Crippen LogP contribution in [-0.4, -0.2) is 73.4 Å². The van der Waals surface area contributed by atoms with Gasteiger partial charge in [-0.1, -0.05) is 6.42 Å². The third-order valence-electron chi connectivity index (χ3n) is 6.63. The van der Waals surface area contributed by atoms with Gasteiger partial charge < -0.3 is 15.0 Å². The van der Waals surface area contributed by atoms with Gasteiger partial charge >= 0.3 is 0 Å². The van der Waals surface area contributed by atoms with Crippen LogP contribution in [0.1, 0.15) is 51.4 Å². The second-order valence-electron chi connectivity index (χ2n) is 7.97. The first kappa shape index (κ1) is 15.4. The van der Waals surface area contributed by atoms with Crippen LogP contribution in [0.2, 0.25) is 0 Å². The molecule has 4 aliphatic heterocycles. The molecule has 0 aliphatic carbocycles. The molecule has 0 aromatic carbocycles. The van der Waals surface area contributed by atoms with Crippen LogP contribution >= 0.6 is 0 Å². The maximum atomic E-state index is 6.30. The minimum Gasteiger partial charge on any atom is -0.373 e. The fourth-order valence-electron chi connectivity index (χ4n) is 5.19. The molecule has 0 aromatic heterocycles. The number of likely N-dealkylation sites (tertiary alicyclic amines) is 2. The van der Waals surface area contributed by atoms with E-state index < -0.39 is 0 Å². The number of nitrogens with one attached hydrogen (secondary N) is 1. The number of hydrogen-bond donors (Lipinski definition) is 1. The largest absolute Gasteiger partial charge is 0.373 e. The molecule has 22 heavy (non-hydrogen) atoms. The minimum atomic E-state index is 0.222. The maximum absolute atomic E-state index is 6.30. The lowest BCUT2D eigenvalue weighted by Crippen LogP contribution is -2.50. The van der Waals surface area contributed by atoms with Crippen molar-refractivity contribution in [2.24, 2.45) is 0 Å². The van der Waals surface area contributed by atoms with Crippen molar-refractivity contribution in [2.75, 3.05) is 45.9 Å². The van der Waals surface area contributed by atoms with E-state index in [-0.39, 0.29) is 5.60 Å². The summed E-state index contributed by atoms with van der Waals surface area (Å²) in [5.74, 6) is 0. The van der Waals surface area contributed by atoms with Gasteiger partial charge in [-0.3, -0.25) is 4.90 Å². The Hall–Kier alpha value is -0.160. The molecule has 4 fully saturated rings.